The molecule has 0 saturated heterocycles. The maximum atomic E-state index is 12.6. The summed E-state index contributed by atoms with van der Waals surface area (Å²) in [4.78, 5) is 23.8. The number of nitrogens with one attached hydrogen (secondary N) is 1. The van der Waals surface area contributed by atoms with Crippen molar-refractivity contribution in [3.05, 3.63) is 69.7 Å². The van der Waals surface area contributed by atoms with Gasteiger partial charge in [-0.15, -0.1) is 0 Å². The van der Waals surface area contributed by atoms with Crippen molar-refractivity contribution in [1.82, 2.24) is 5.32 Å². The fourth-order valence-corrected chi connectivity index (χ4v) is 2.60. The minimum absolute atomic E-state index is 0.0348. The number of aliphatic hydroxyl groups excluding tert-OH is 1. The van der Waals surface area contributed by atoms with E-state index in [9.17, 15) is 27.9 Å². The number of alkyl halides is 3. The summed E-state index contributed by atoms with van der Waals surface area (Å²) in [5, 5.41) is 12.4. The van der Waals surface area contributed by atoms with Crippen molar-refractivity contribution >= 4 is 27.7 Å². The monoisotopic (exact) mass is 444 g/mol. The lowest BCUT2D eigenvalue weighted by Gasteiger charge is -2.19. The van der Waals surface area contributed by atoms with E-state index >= 15 is 0 Å². The molecule has 5 nitrogen and oxygen atoms in total. The molecule has 0 aliphatic rings. The predicted molar refractivity (Wildman–Crippen MR) is 95.4 cm³/mol. The number of hydrogen-bond acceptors (Lipinski definition) is 3. The van der Waals surface area contributed by atoms with Crippen molar-refractivity contribution in [2.24, 2.45) is 5.73 Å². The van der Waals surface area contributed by atoms with Crippen molar-refractivity contribution in [2.45, 2.75) is 24.7 Å². The highest BCUT2D eigenvalue weighted by Gasteiger charge is 2.31. The minimum Gasteiger partial charge on any atom is -0.378 e. The molecule has 0 aliphatic heterocycles. The maximum absolute atomic E-state index is 12.6. The molecule has 0 spiro atoms. The predicted octanol–water partition coefficient (Wildman–Crippen LogP) is 2.71. The van der Waals surface area contributed by atoms with E-state index in [0.717, 1.165) is 34.3 Å². The zero-order valence-corrected chi connectivity index (χ0v) is 15.4. The molecule has 0 fully saturated rings. The van der Waals surface area contributed by atoms with Gasteiger partial charge in [0.15, 0.2) is 6.10 Å². The number of benzene rings is 2. The van der Waals surface area contributed by atoms with E-state index in [1.165, 1.54) is 0 Å². The van der Waals surface area contributed by atoms with Crippen LogP contribution in [0.2, 0.25) is 0 Å². The van der Waals surface area contributed by atoms with Crippen LogP contribution < -0.4 is 11.1 Å². The number of halogens is 4. The van der Waals surface area contributed by atoms with Gasteiger partial charge in [0, 0.05) is 10.9 Å². The number of hydrogen-bond donors (Lipinski definition) is 3. The zero-order valence-electron chi connectivity index (χ0n) is 13.8. The molecule has 2 atom stereocenters. The van der Waals surface area contributed by atoms with E-state index in [1.807, 2.05) is 0 Å². The topological polar surface area (TPSA) is 92.4 Å². The SMILES string of the molecule is NC(=O)[C@@H](Cc1ccc(Br)cc1)NC(=O)[C@@H](O)c1ccc(C(F)(F)F)cc1. The van der Waals surface area contributed by atoms with Gasteiger partial charge in [-0.1, -0.05) is 40.2 Å². The number of carbonyl (C=O) groups is 2. The maximum Gasteiger partial charge on any atom is 0.416 e. The van der Waals surface area contributed by atoms with Gasteiger partial charge in [-0.2, -0.15) is 13.2 Å². The lowest BCUT2D eigenvalue weighted by molar-refractivity contribution is -0.137. The Bertz CT molecular complexity index is 808. The third-order valence-corrected chi connectivity index (χ3v) is 4.34. The first-order chi connectivity index (χ1) is 12.6. The number of rotatable bonds is 6. The number of aliphatic hydroxyl groups is 1. The minimum atomic E-state index is -4.52. The molecule has 0 unspecified atom stereocenters. The first-order valence-electron chi connectivity index (χ1n) is 7.77. The average molecular weight is 445 g/mol. The lowest BCUT2D eigenvalue weighted by atomic mass is 10.0. The van der Waals surface area contributed by atoms with Crippen LogP contribution in [0, 0.1) is 0 Å². The Hall–Kier alpha value is -2.39. The van der Waals surface area contributed by atoms with Crippen molar-refractivity contribution in [2.75, 3.05) is 0 Å². The smallest absolute Gasteiger partial charge is 0.378 e. The van der Waals surface area contributed by atoms with Crippen LogP contribution in [0.15, 0.2) is 53.0 Å². The van der Waals surface area contributed by atoms with Gasteiger partial charge in [-0.3, -0.25) is 9.59 Å². The summed E-state index contributed by atoms with van der Waals surface area (Å²) in [6, 6.07) is 9.43. The average Bonchev–Trinajstić information content (AvgIpc) is 2.61. The summed E-state index contributed by atoms with van der Waals surface area (Å²) in [6.07, 6.45) is -6.15. The molecular weight excluding hydrogens is 429 g/mol. The summed E-state index contributed by atoms with van der Waals surface area (Å²) in [5.74, 6) is -1.73. The van der Waals surface area contributed by atoms with Crippen molar-refractivity contribution in [3.8, 4) is 0 Å². The first-order valence-corrected chi connectivity index (χ1v) is 8.56. The normalized spacial score (nSPS) is 13.7. The highest BCUT2D eigenvalue weighted by atomic mass is 79.9. The molecule has 0 aromatic heterocycles. The van der Waals surface area contributed by atoms with E-state index < -0.39 is 35.7 Å². The zero-order chi connectivity index (χ0) is 20.2. The molecule has 0 aliphatic carbocycles. The van der Waals surface area contributed by atoms with Gasteiger partial charge in [-0.05, 0) is 35.4 Å². The second-order valence-electron chi connectivity index (χ2n) is 5.82. The number of amides is 2. The fraction of sp³-hybridized carbons (Fsp3) is 0.222. The van der Waals surface area contributed by atoms with Crippen LogP contribution in [0.4, 0.5) is 13.2 Å². The summed E-state index contributed by atoms with van der Waals surface area (Å²) < 4.78 is 38.6. The summed E-state index contributed by atoms with van der Waals surface area (Å²) in [6.45, 7) is 0. The van der Waals surface area contributed by atoms with Crippen LogP contribution in [0.1, 0.15) is 22.8 Å². The van der Waals surface area contributed by atoms with E-state index in [-0.39, 0.29) is 12.0 Å². The van der Waals surface area contributed by atoms with Gasteiger partial charge >= 0.3 is 6.18 Å². The van der Waals surface area contributed by atoms with Gasteiger partial charge < -0.3 is 16.2 Å². The third-order valence-electron chi connectivity index (χ3n) is 3.82. The van der Waals surface area contributed by atoms with Crippen molar-refractivity contribution < 1.29 is 27.9 Å². The van der Waals surface area contributed by atoms with Gasteiger partial charge in [0.05, 0.1) is 5.56 Å². The summed E-state index contributed by atoms with van der Waals surface area (Å²) in [7, 11) is 0. The standard InChI is InChI=1S/C18H16BrF3N2O3/c19-13-7-1-10(2-8-13)9-14(16(23)26)24-17(27)15(25)11-3-5-12(6-4-11)18(20,21)22/h1-8,14-15,25H,9H2,(H2,23,26)(H,24,27)/t14-,15+/m1/s1. The second-order valence-corrected chi connectivity index (χ2v) is 6.73. The molecule has 9 heteroatoms. The molecule has 0 heterocycles. The quantitative estimate of drug-likeness (QED) is 0.639. The highest BCUT2D eigenvalue weighted by molar-refractivity contribution is 9.10. The van der Waals surface area contributed by atoms with Crippen LogP contribution in [0.25, 0.3) is 0 Å². The van der Waals surface area contributed by atoms with E-state index in [1.54, 1.807) is 24.3 Å². The van der Waals surface area contributed by atoms with Crippen LogP contribution in [0.3, 0.4) is 0 Å². The molecule has 27 heavy (non-hydrogen) atoms. The Morgan fingerprint density at radius 3 is 2.11 bits per heavy atom. The summed E-state index contributed by atoms with van der Waals surface area (Å²) in [5.41, 5.74) is 5.09. The lowest BCUT2D eigenvalue weighted by Crippen LogP contribution is -2.47. The molecule has 0 bridgehead atoms. The van der Waals surface area contributed by atoms with Crippen LogP contribution in [-0.2, 0) is 22.2 Å². The molecule has 4 N–H and O–H groups in total. The Morgan fingerprint density at radius 1 is 1.07 bits per heavy atom. The molecule has 0 saturated carbocycles. The Morgan fingerprint density at radius 2 is 1.63 bits per heavy atom. The highest BCUT2D eigenvalue weighted by Crippen LogP contribution is 2.30. The number of carbonyl (C=O) groups excluding carboxylic acids is 2. The Balaban J connectivity index is 2.07. The van der Waals surface area contributed by atoms with Gasteiger partial charge in [0.1, 0.15) is 6.04 Å². The molecule has 144 valence electrons. The number of nitrogens with two attached hydrogens (primary N) is 1. The van der Waals surface area contributed by atoms with Crippen molar-refractivity contribution in [3.63, 3.8) is 0 Å². The van der Waals surface area contributed by atoms with E-state index in [0.29, 0.717) is 0 Å². The Kier molecular flexibility index (Phi) is 6.61. The molecule has 2 aromatic carbocycles. The molecule has 0 radical (unpaired) electrons. The third kappa shape index (κ3) is 5.80. The van der Waals surface area contributed by atoms with Gasteiger partial charge in [0.25, 0.3) is 5.91 Å². The largest absolute Gasteiger partial charge is 0.416 e. The second kappa shape index (κ2) is 8.53. The number of primary amides is 1. The Labute approximate surface area is 161 Å². The van der Waals surface area contributed by atoms with E-state index in [4.69, 9.17) is 5.73 Å². The molecule has 2 aromatic rings. The molecule has 2 rings (SSSR count). The molecular formula is C18H16BrF3N2O3. The van der Waals surface area contributed by atoms with E-state index in [2.05, 4.69) is 21.2 Å². The fourth-order valence-electron chi connectivity index (χ4n) is 2.34. The van der Waals surface area contributed by atoms with Crippen LogP contribution in [0.5, 0.6) is 0 Å². The van der Waals surface area contributed by atoms with Gasteiger partial charge in [0.2, 0.25) is 5.91 Å². The van der Waals surface area contributed by atoms with Crippen LogP contribution in [-0.4, -0.2) is 23.0 Å². The van der Waals surface area contributed by atoms with Crippen LogP contribution >= 0.6 is 15.9 Å². The summed E-state index contributed by atoms with van der Waals surface area (Å²) >= 11 is 3.28. The van der Waals surface area contributed by atoms with Crippen molar-refractivity contribution in [1.29, 1.82) is 0 Å². The van der Waals surface area contributed by atoms with Gasteiger partial charge in [-0.25, -0.2) is 0 Å². The first kappa shape index (κ1) is 20.9. The molecule has 2 amide bonds.